The Kier molecular flexibility index (Phi) is 9.08. The molecular formula is C25H32ClF3N4O4S. The Morgan fingerprint density at radius 3 is 2.53 bits per heavy atom. The molecule has 13 heteroatoms. The lowest BCUT2D eigenvalue weighted by molar-refractivity contribution is -0.143. The zero-order valence-corrected chi connectivity index (χ0v) is 23.2. The monoisotopic (exact) mass is 576 g/mol. The molecule has 2 unspecified atom stereocenters. The normalized spacial score (nSPS) is 18.7. The lowest BCUT2D eigenvalue weighted by Gasteiger charge is -2.41. The zero-order chi connectivity index (χ0) is 28.3. The fourth-order valence-electron chi connectivity index (χ4n) is 4.41. The molecule has 1 aliphatic heterocycles. The van der Waals surface area contributed by atoms with E-state index in [9.17, 15) is 26.4 Å². The number of carbonyl (C=O) groups is 1. The standard InChI is InChI=1S/C25H32ClF3N4O4S/c1-5-6-19-14-17(11-12-33(19)22-10-8-18(15-30-22)32-38(4,35)36)31-23(34)24(2,3)37-21-9-7-16(26)13-20(21)25(27,28)29/h7-10,13,15,17,19,32H,5-6,11-12,14H2,1-4H3,(H,31,34). The maximum atomic E-state index is 13.5. The van der Waals surface area contributed by atoms with Crippen LogP contribution in [0.1, 0.15) is 52.0 Å². The number of sulfonamides is 1. The predicted octanol–water partition coefficient (Wildman–Crippen LogP) is 5.24. The molecule has 0 radical (unpaired) electrons. The van der Waals surface area contributed by atoms with Crippen LogP contribution in [0.2, 0.25) is 5.02 Å². The molecule has 0 aliphatic carbocycles. The first-order chi connectivity index (χ1) is 17.6. The van der Waals surface area contributed by atoms with Gasteiger partial charge in [0.1, 0.15) is 11.6 Å². The molecule has 0 saturated carbocycles. The lowest BCUT2D eigenvalue weighted by atomic mass is 9.93. The Hall–Kier alpha value is -2.73. The number of piperidine rings is 1. The third kappa shape index (κ3) is 7.89. The number of anilines is 2. The Bertz CT molecular complexity index is 1240. The number of hydrogen-bond acceptors (Lipinski definition) is 6. The summed E-state index contributed by atoms with van der Waals surface area (Å²) in [5, 5.41) is 2.86. The van der Waals surface area contributed by atoms with Gasteiger partial charge >= 0.3 is 6.18 Å². The summed E-state index contributed by atoms with van der Waals surface area (Å²) in [4.78, 5) is 19.6. The Morgan fingerprint density at radius 1 is 1.24 bits per heavy atom. The second-order valence-corrected chi connectivity index (χ2v) is 12.0. The molecule has 8 nitrogen and oxygen atoms in total. The van der Waals surface area contributed by atoms with Crippen molar-refractivity contribution in [1.29, 1.82) is 0 Å². The molecule has 1 aliphatic rings. The van der Waals surface area contributed by atoms with Crippen molar-refractivity contribution in [3.8, 4) is 5.75 Å². The van der Waals surface area contributed by atoms with Crippen molar-refractivity contribution < 1.29 is 31.1 Å². The van der Waals surface area contributed by atoms with Gasteiger partial charge in [-0.2, -0.15) is 13.2 Å². The molecule has 2 atom stereocenters. The number of amides is 1. The first-order valence-electron chi connectivity index (χ1n) is 12.2. The van der Waals surface area contributed by atoms with Crippen LogP contribution in [0.25, 0.3) is 0 Å². The summed E-state index contributed by atoms with van der Waals surface area (Å²) in [6, 6.07) is 6.40. The summed E-state index contributed by atoms with van der Waals surface area (Å²) in [6.07, 6.45) is 0.739. The highest BCUT2D eigenvalue weighted by molar-refractivity contribution is 7.92. The number of alkyl halides is 3. The molecule has 1 aromatic carbocycles. The van der Waals surface area contributed by atoms with Crippen molar-refractivity contribution in [2.75, 3.05) is 22.4 Å². The van der Waals surface area contributed by atoms with E-state index in [1.54, 1.807) is 12.1 Å². The molecule has 1 amide bonds. The summed E-state index contributed by atoms with van der Waals surface area (Å²) in [7, 11) is -3.41. The van der Waals surface area contributed by atoms with Crippen LogP contribution < -0.4 is 19.7 Å². The summed E-state index contributed by atoms with van der Waals surface area (Å²) in [5.74, 6) is -0.303. The summed E-state index contributed by atoms with van der Waals surface area (Å²) in [5.41, 5.74) is -2.26. The largest absolute Gasteiger partial charge is 0.477 e. The van der Waals surface area contributed by atoms with E-state index in [1.165, 1.54) is 26.1 Å². The Labute approximate surface area is 226 Å². The maximum Gasteiger partial charge on any atom is 0.420 e. The van der Waals surface area contributed by atoms with Crippen LogP contribution in [0.5, 0.6) is 5.75 Å². The van der Waals surface area contributed by atoms with E-state index in [-0.39, 0.29) is 17.1 Å². The van der Waals surface area contributed by atoms with Gasteiger partial charge in [0.25, 0.3) is 5.91 Å². The number of hydrogen-bond donors (Lipinski definition) is 2. The van der Waals surface area contributed by atoms with Crippen molar-refractivity contribution in [1.82, 2.24) is 10.3 Å². The number of pyridine rings is 1. The topological polar surface area (TPSA) is 101 Å². The molecule has 1 fully saturated rings. The third-order valence-corrected chi connectivity index (χ3v) is 7.02. The maximum absolute atomic E-state index is 13.5. The van der Waals surface area contributed by atoms with Gasteiger partial charge in [-0.3, -0.25) is 9.52 Å². The van der Waals surface area contributed by atoms with Crippen LogP contribution in [-0.4, -0.2) is 49.8 Å². The fourth-order valence-corrected chi connectivity index (χ4v) is 5.14. The number of ether oxygens (including phenoxy) is 1. The molecule has 1 saturated heterocycles. The quantitative estimate of drug-likeness (QED) is 0.424. The van der Waals surface area contributed by atoms with Crippen LogP contribution in [0.3, 0.4) is 0 Å². The van der Waals surface area contributed by atoms with Gasteiger partial charge < -0.3 is 15.0 Å². The van der Waals surface area contributed by atoms with Gasteiger partial charge in [0.2, 0.25) is 10.0 Å². The van der Waals surface area contributed by atoms with Gasteiger partial charge in [-0.25, -0.2) is 13.4 Å². The average molecular weight is 577 g/mol. The van der Waals surface area contributed by atoms with E-state index in [0.717, 1.165) is 31.2 Å². The lowest BCUT2D eigenvalue weighted by Crippen LogP contribution is -2.55. The third-order valence-electron chi connectivity index (χ3n) is 6.18. The van der Waals surface area contributed by atoms with Crippen LogP contribution in [0.15, 0.2) is 36.5 Å². The number of nitrogens with zero attached hydrogens (tertiary/aromatic N) is 2. The highest BCUT2D eigenvalue weighted by Gasteiger charge is 2.39. The van der Waals surface area contributed by atoms with Gasteiger partial charge in [0.05, 0.1) is 23.7 Å². The predicted molar refractivity (Wildman–Crippen MR) is 141 cm³/mol. The van der Waals surface area contributed by atoms with E-state index >= 15 is 0 Å². The average Bonchev–Trinajstić information content (AvgIpc) is 2.79. The van der Waals surface area contributed by atoms with Gasteiger partial charge in [-0.05, 0) is 63.4 Å². The summed E-state index contributed by atoms with van der Waals surface area (Å²) < 4.78 is 71.3. The van der Waals surface area contributed by atoms with E-state index in [4.69, 9.17) is 16.3 Å². The zero-order valence-electron chi connectivity index (χ0n) is 21.6. The number of nitrogens with one attached hydrogen (secondary N) is 2. The highest BCUT2D eigenvalue weighted by atomic mass is 35.5. The number of benzene rings is 1. The van der Waals surface area contributed by atoms with E-state index < -0.39 is 39.0 Å². The molecule has 210 valence electrons. The molecule has 38 heavy (non-hydrogen) atoms. The van der Waals surface area contributed by atoms with Crippen molar-refractivity contribution in [3.63, 3.8) is 0 Å². The number of rotatable bonds is 9. The van der Waals surface area contributed by atoms with E-state index in [1.807, 2.05) is 6.92 Å². The molecule has 0 bridgehead atoms. The molecule has 0 spiro atoms. The molecular weight excluding hydrogens is 545 g/mol. The first-order valence-corrected chi connectivity index (χ1v) is 14.4. The smallest absolute Gasteiger partial charge is 0.420 e. The van der Waals surface area contributed by atoms with Crippen LogP contribution in [0.4, 0.5) is 24.7 Å². The molecule has 2 heterocycles. The van der Waals surface area contributed by atoms with Crippen LogP contribution in [-0.2, 0) is 21.0 Å². The second-order valence-electron chi connectivity index (χ2n) is 9.86. The van der Waals surface area contributed by atoms with Gasteiger partial charge in [-0.15, -0.1) is 0 Å². The van der Waals surface area contributed by atoms with Crippen LogP contribution in [0, 0.1) is 0 Å². The minimum Gasteiger partial charge on any atom is -0.477 e. The van der Waals surface area contributed by atoms with Gasteiger partial charge in [0, 0.05) is 23.7 Å². The highest BCUT2D eigenvalue weighted by Crippen LogP contribution is 2.39. The number of aromatic nitrogens is 1. The van der Waals surface area contributed by atoms with Crippen molar-refractivity contribution in [3.05, 3.63) is 47.1 Å². The molecule has 3 rings (SSSR count). The van der Waals surface area contributed by atoms with Crippen molar-refractivity contribution in [2.24, 2.45) is 0 Å². The minimum absolute atomic E-state index is 0.0531. The Balaban J connectivity index is 1.69. The SMILES string of the molecule is CCCC1CC(NC(=O)C(C)(C)Oc2ccc(Cl)cc2C(F)(F)F)CCN1c1ccc(NS(C)(=O)=O)cn1. The molecule has 1 aromatic heterocycles. The second kappa shape index (κ2) is 11.6. The summed E-state index contributed by atoms with van der Waals surface area (Å²) >= 11 is 5.74. The number of halogens is 4. The molecule has 2 aromatic rings. The van der Waals surface area contributed by atoms with E-state index in [2.05, 4.69) is 19.9 Å². The first kappa shape index (κ1) is 29.8. The van der Waals surface area contributed by atoms with Crippen molar-refractivity contribution in [2.45, 2.75) is 70.3 Å². The van der Waals surface area contributed by atoms with Gasteiger partial charge in [0.15, 0.2) is 5.60 Å². The number of carbonyl (C=O) groups excluding carboxylic acids is 1. The minimum atomic E-state index is -4.69. The van der Waals surface area contributed by atoms with Crippen molar-refractivity contribution >= 4 is 39.0 Å². The van der Waals surface area contributed by atoms with Gasteiger partial charge in [-0.1, -0.05) is 24.9 Å². The van der Waals surface area contributed by atoms with E-state index in [0.29, 0.717) is 30.9 Å². The molecule has 2 N–H and O–H groups in total. The van der Waals surface area contributed by atoms with Crippen LogP contribution >= 0.6 is 11.6 Å². The Morgan fingerprint density at radius 2 is 1.95 bits per heavy atom. The summed E-state index contributed by atoms with van der Waals surface area (Å²) in [6.45, 7) is 5.48. The fraction of sp³-hybridized carbons (Fsp3) is 0.520.